The summed E-state index contributed by atoms with van der Waals surface area (Å²) in [5.41, 5.74) is 10.3. The van der Waals surface area contributed by atoms with Crippen LogP contribution in [0.1, 0.15) is 23.6 Å². The van der Waals surface area contributed by atoms with Crippen LogP contribution in [0.2, 0.25) is 0 Å². The molecular formula is C19H23N3O2. The van der Waals surface area contributed by atoms with E-state index < -0.39 is 0 Å². The van der Waals surface area contributed by atoms with Gasteiger partial charge in [-0.1, -0.05) is 29.8 Å². The predicted molar refractivity (Wildman–Crippen MR) is 97.1 cm³/mol. The number of hydrogen-bond acceptors (Lipinski definition) is 5. The number of rotatable bonds is 5. The maximum Gasteiger partial charge on any atom is 0.162 e. The summed E-state index contributed by atoms with van der Waals surface area (Å²) < 4.78 is 10.7. The second-order valence-corrected chi connectivity index (χ2v) is 5.88. The third kappa shape index (κ3) is 3.08. The minimum atomic E-state index is 0.141. The standard InChI is InChI=1S/C19H23N3O2/c1-13-4-6-14(7-5-13)17-10-15(12-20)21-22(17)16-8-9-18(23-2)19(11-16)24-3/h4-9,11,17H,10,12,20H2,1-3H3. The van der Waals surface area contributed by atoms with Crippen LogP contribution in [0.25, 0.3) is 0 Å². The topological polar surface area (TPSA) is 60.1 Å². The van der Waals surface area contributed by atoms with Crippen molar-refractivity contribution >= 4 is 11.4 Å². The van der Waals surface area contributed by atoms with Gasteiger partial charge in [0.15, 0.2) is 11.5 Å². The molecule has 1 aliphatic rings. The van der Waals surface area contributed by atoms with Crippen molar-refractivity contribution < 1.29 is 9.47 Å². The average molecular weight is 325 g/mol. The molecule has 0 saturated heterocycles. The largest absolute Gasteiger partial charge is 0.493 e. The molecule has 2 N–H and O–H groups in total. The first-order valence-electron chi connectivity index (χ1n) is 8.00. The number of nitrogens with zero attached hydrogens (tertiary/aromatic N) is 2. The van der Waals surface area contributed by atoms with Gasteiger partial charge in [-0.25, -0.2) is 0 Å². The highest BCUT2D eigenvalue weighted by Crippen LogP contribution is 2.39. The molecule has 1 heterocycles. The van der Waals surface area contributed by atoms with Gasteiger partial charge in [0.05, 0.1) is 31.7 Å². The van der Waals surface area contributed by atoms with Gasteiger partial charge in [0, 0.05) is 19.0 Å². The van der Waals surface area contributed by atoms with Crippen LogP contribution in [0.3, 0.4) is 0 Å². The van der Waals surface area contributed by atoms with E-state index in [4.69, 9.17) is 20.3 Å². The number of nitrogens with two attached hydrogens (primary N) is 1. The molecule has 1 unspecified atom stereocenters. The lowest BCUT2D eigenvalue weighted by atomic mass is 10.0. The normalized spacial score (nSPS) is 16.9. The van der Waals surface area contributed by atoms with Gasteiger partial charge in [-0.15, -0.1) is 0 Å². The van der Waals surface area contributed by atoms with Gasteiger partial charge in [-0.3, -0.25) is 5.01 Å². The third-order valence-corrected chi connectivity index (χ3v) is 4.30. The minimum absolute atomic E-state index is 0.141. The van der Waals surface area contributed by atoms with Crippen molar-refractivity contribution in [1.82, 2.24) is 0 Å². The summed E-state index contributed by atoms with van der Waals surface area (Å²) in [5, 5.41) is 6.74. The molecule has 0 saturated carbocycles. The number of anilines is 1. The number of hydrazone groups is 1. The molecule has 2 aromatic rings. The molecule has 5 heteroatoms. The van der Waals surface area contributed by atoms with Gasteiger partial charge < -0.3 is 15.2 Å². The first-order chi connectivity index (χ1) is 11.7. The lowest BCUT2D eigenvalue weighted by Gasteiger charge is -2.25. The fourth-order valence-electron chi connectivity index (χ4n) is 2.95. The van der Waals surface area contributed by atoms with E-state index in [9.17, 15) is 0 Å². The molecule has 1 aliphatic heterocycles. The Morgan fingerprint density at radius 3 is 2.42 bits per heavy atom. The van der Waals surface area contributed by atoms with Gasteiger partial charge in [-0.2, -0.15) is 5.10 Å². The van der Waals surface area contributed by atoms with Crippen molar-refractivity contribution in [3.8, 4) is 11.5 Å². The molecular weight excluding hydrogens is 302 g/mol. The van der Waals surface area contributed by atoms with Crippen molar-refractivity contribution in [1.29, 1.82) is 0 Å². The zero-order valence-electron chi connectivity index (χ0n) is 14.3. The third-order valence-electron chi connectivity index (χ3n) is 4.30. The number of benzene rings is 2. The molecule has 2 aromatic carbocycles. The second-order valence-electron chi connectivity index (χ2n) is 5.88. The van der Waals surface area contributed by atoms with Gasteiger partial charge in [-0.05, 0) is 24.6 Å². The average Bonchev–Trinajstić information content (AvgIpc) is 3.06. The fraction of sp³-hybridized carbons (Fsp3) is 0.316. The van der Waals surface area contributed by atoms with Gasteiger partial charge >= 0.3 is 0 Å². The molecule has 0 spiro atoms. The van der Waals surface area contributed by atoms with E-state index in [-0.39, 0.29) is 6.04 Å². The second kappa shape index (κ2) is 6.93. The van der Waals surface area contributed by atoms with E-state index in [1.165, 1.54) is 11.1 Å². The van der Waals surface area contributed by atoms with Crippen LogP contribution in [0.15, 0.2) is 47.6 Å². The number of ether oxygens (including phenoxy) is 2. The lowest BCUT2D eigenvalue weighted by Crippen LogP contribution is -2.18. The summed E-state index contributed by atoms with van der Waals surface area (Å²) in [7, 11) is 3.27. The van der Waals surface area contributed by atoms with Crippen LogP contribution in [-0.4, -0.2) is 26.5 Å². The van der Waals surface area contributed by atoms with Crippen LogP contribution < -0.4 is 20.2 Å². The van der Waals surface area contributed by atoms with E-state index in [1.54, 1.807) is 14.2 Å². The van der Waals surface area contributed by atoms with Crippen LogP contribution in [-0.2, 0) is 0 Å². The molecule has 1 atom stereocenters. The lowest BCUT2D eigenvalue weighted by molar-refractivity contribution is 0.355. The maximum absolute atomic E-state index is 5.84. The Hall–Kier alpha value is -2.53. The highest BCUT2D eigenvalue weighted by Gasteiger charge is 2.29. The van der Waals surface area contributed by atoms with Crippen LogP contribution >= 0.6 is 0 Å². The highest BCUT2D eigenvalue weighted by atomic mass is 16.5. The van der Waals surface area contributed by atoms with Gasteiger partial charge in [0.1, 0.15) is 0 Å². The zero-order valence-corrected chi connectivity index (χ0v) is 14.3. The highest BCUT2D eigenvalue weighted by molar-refractivity contribution is 5.90. The fourth-order valence-corrected chi connectivity index (χ4v) is 2.95. The smallest absolute Gasteiger partial charge is 0.162 e. The summed E-state index contributed by atoms with van der Waals surface area (Å²) in [6.07, 6.45) is 0.827. The Kier molecular flexibility index (Phi) is 4.71. The molecule has 0 aliphatic carbocycles. The summed E-state index contributed by atoms with van der Waals surface area (Å²) in [6, 6.07) is 14.5. The predicted octanol–water partition coefficient (Wildman–Crippen LogP) is 3.28. The van der Waals surface area contributed by atoms with Crippen molar-refractivity contribution in [2.75, 3.05) is 25.8 Å². The zero-order chi connectivity index (χ0) is 17.1. The maximum atomic E-state index is 5.84. The van der Waals surface area contributed by atoms with E-state index >= 15 is 0 Å². The molecule has 5 nitrogen and oxygen atoms in total. The number of aryl methyl sites for hydroxylation is 1. The SMILES string of the molecule is COc1ccc(N2N=C(CN)CC2c2ccc(C)cc2)cc1OC. The van der Waals surface area contributed by atoms with Crippen molar-refractivity contribution in [3.63, 3.8) is 0 Å². The summed E-state index contributed by atoms with van der Waals surface area (Å²) >= 11 is 0. The van der Waals surface area contributed by atoms with E-state index in [2.05, 4.69) is 31.2 Å². The molecule has 0 bridgehead atoms. The Bertz CT molecular complexity index is 741. The number of hydrogen-bond donors (Lipinski definition) is 1. The Labute approximate surface area is 142 Å². The van der Waals surface area contributed by atoms with Crippen LogP contribution in [0.4, 0.5) is 5.69 Å². The summed E-state index contributed by atoms with van der Waals surface area (Å²) in [6.45, 7) is 2.55. The van der Waals surface area contributed by atoms with Crippen LogP contribution in [0.5, 0.6) is 11.5 Å². The van der Waals surface area contributed by atoms with Gasteiger partial charge in [0.2, 0.25) is 0 Å². The summed E-state index contributed by atoms with van der Waals surface area (Å²) in [5.74, 6) is 1.39. The quantitative estimate of drug-likeness (QED) is 0.916. The Morgan fingerprint density at radius 2 is 1.79 bits per heavy atom. The first-order valence-corrected chi connectivity index (χ1v) is 8.00. The molecule has 24 heavy (non-hydrogen) atoms. The summed E-state index contributed by atoms with van der Waals surface area (Å²) in [4.78, 5) is 0. The molecule has 3 rings (SSSR count). The van der Waals surface area contributed by atoms with E-state index in [0.29, 0.717) is 18.0 Å². The minimum Gasteiger partial charge on any atom is -0.493 e. The Morgan fingerprint density at radius 1 is 1.08 bits per heavy atom. The van der Waals surface area contributed by atoms with Gasteiger partial charge in [0.25, 0.3) is 0 Å². The van der Waals surface area contributed by atoms with E-state index in [1.807, 2.05) is 23.2 Å². The molecule has 0 radical (unpaired) electrons. The Balaban J connectivity index is 1.98. The van der Waals surface area contributed by atoms with Crippen molar-refractivity contribution in [2.24, 2.45) is 10.8 Å². The van der Waals surface area contributed by atoms with Crippen molar-refractivity contribution in [3.05, 3.63) is 53.6 Å². The first kappa shape index (κ1) is 16.3. The molecule has 0 aromatic heterocycles. The molecule has 126 valence electrons. The monoisotopic (exact) mass is 325 g/mol. The molecule has 0 fully saturated rings. The van der Waals surface area contributed by atoms with E-state index in [0.717, 1.165) is 17.8 Å². The van der Waals surface area contributed by atoms with Crippen molar-refractivity contribution in [2.45, 2.75) is 19.4 Å². The van der Waals surface area contributed by atoms with Crippen LogP contribution in [0, 0.1) is 6.92 Å². The number of methoxy groups -OCH3 is 2. The molecule has 0 amide bonds.